The highest BCUT2D eigenvalue weighted by Crippen LogP contribution is 2.62. The van der Waals surface area contributed by atoms with E-state index in [1.54, 1.807) is 0 Å². The highest BCUT2D eigenvalue weighted by Gasteiger charge is 2.49. The van der Waals surface area contributed by atoms with E-state index in [1.807, 2.05) is 18.5 Å². The molecule has 9 aromatic carbocycles. The van der Waals surface area contributed by atoms with Gasteiger partial charge in [-0.2, -0.15) is 0 Å². The highest BCUT2D eigenvalue weighted by atomic mass is 16.3. The zero-order chi connectivity index (χ0) is 55.8. The van der Waals surface area contributed by atoms with E-state index in [-0.39, 0.29) is 10.8 Å². The van der Waals surface area contributed by atoms with E-state index < -0.39 is 5.41 Å². The summed E-state index contributed by atoms with van der Waals surface area (Å²) in [6.07, 6.45) is 3.92. The molecule has 81 heavy (non-hydrogen) atoms. The van der Waals surface area contributed by atoms with E-state index in [4.69, 9.17) is 14.4 Å². The molecule has 0 aliphatic heterocycles. The molecule has 5 nitrogen and oxygen atoms in total. The number of aryl methyl sites for hydroxylation is 3. The molecule has 1 aliphatic carbocycles. The number of hydrogen-bond donors (Lipinski definition) is 0. The summed E-state index contributed by atoms with van der Waals surface area (Å²) in [4.78, 5) is 15.5. The van der Waals surface area contributed by atoms with Crippen LogP contribution in [0.1, 0.15) is 91.6 Å². The number of anilines is 6. The number of pyridine rings is 2. The molecule has 0 saturated carbocycles. The van der Waals surface area contributed by atoms with E-state index in [2.05, 4.69) is 291 Å². The van der Waals surface area contributed by atoms with Gasteiger partial charge in [0.25, 0.3) is 0 Å². The van der Waals surface area contributed by atoms with Crippen LogP contribution in [0.25, 0.3) is 55.3 Å². The third-order valence-corrected chi connectivity index (χ3v) is 16.5. The topological polar surface area (TPSA) is 45.4 Å². The van der Waals surface area contributed by atoms with E-state index in [0.29, 0.717) is 0 Å². The van der Waals surface area contributed by atoms with E-state index >= 15 is 0 Å². The maximum Gasteiger partial charge on any atom is 0.145 e. The quantitative estimate of drug-likeness (QED) is 0.137. The number of hydrogen-bond acceptors (Lipinski definition) is 5. The Balaban J connectivity index is 1.15. The van der Waals surface area contributed by atoms with Gasteiger partial charge >= 0.3 is 0 Å². The lowest BCUT2D eigenvalue weighted by Crippen LogP contribution is -2.29. The second kappa shape index (κ2) is 19.8. The standard InChI is InChI=1S/C76H66N4O/c1-49-26-30-52(31-27-49)61-24-18-44-77-72(61)80(59-40-36-55(37-41-59)75(7,8)9)67-47-66-69(71-70(67)63-23-16-17-25-68(63)81-71)62-43-42-60(46-65(62)76(66,56-19-12-10-13-20-56)57-21-14-11-15-22-57)79(58-38-34-54(35-39-58)74(4,5)6)73-64(45-51(3)48-78-73)53-32-28-50(2)29-33-53/h10-48H,1-9H3. The van der Waals surface area contributed by atoms with Crippen molar-refractivity contribution in [1.82, 2.24) is 9.97 Å². The smallest absolute Gasteiger partial charge is 0.145 e. The fourth-order valence-corrected chi connectivity index (χ4v) is 12.3. The number of aromatic nitrogens is 2. The molecule has 0 fully saturated rings. The number of para-hydroxylation sites is 1. The van der Waals surface area contributed by atoms with Crippen molar-refractivity contribution in [2.24, 2.45) is 0 Å². The van der Waals surface area contributed by atoms with Gasteiger partial charge in [0.1, 0.15) is 22.8 Å². The van der Waals surface area contributed by atoms with Gasteiger partial charge in [0.2, 0.25) is 0 Å². The molecule has 0 unspecified atom stereocenters. The summed E-state index contributed by atoms with van der Waals surface area (Å²) in [5.74, 6) is 1.67. The minimum atomic E-state index is -0.862. The van der Waals surface area contributed by atoms with Gasteiger partial charge in [-0.3, -0.25) is 9.80 Å². The predicted octanol–water partition coefficient (Wildman–Crippen LogP) is 20.5. The molecule has 5 heteroatoms. The molecule has 0 spiro atoms. The van der Waals surface area contributed by atoms with Gasteiger partial charge in [-0.15, -0.1) is 0 Å². The monoisotopic (exact) mass is 1050 g/mol. The number of nitrogens with zero attached hydrogens (tertiary/aromatic N) is 4. The Bertz CT molecular complexity index is 4260. The maximum atomic E-state index is 7.44. The van der Waals surface area contributed by atoms with Crippen molar-refractivity contribution in [2.75, 3.05) is 9.80 Å². The van der Waals surface area contributed by atoms with Crippen LogP contribution in [0.4, 0.5) is 34.4 Å². The van der Waals surface area contributed by atoms with Crippen LogP contribution in [0.2, 0.25) is 0 Å². The summed E-state index contributed by atoms with van der Waals surface area (Å²) >= 11 is 0. The average Bonchev–Trinajstić information content (AvgIpc) is 3.91. The van der Waals surface area contributed by atoms with Gasteiger partial charge in [-0.05, 0) is 154 Å². The largest absolute Gasteiger partial charge is 0.455 e. The van der Waals surface area contributed by atoms with E-state index in [0.717, 1.165) is 118 Å². The van der Waals surface area contributed by atoms with Crippen molar-refractivity contribution in [3.8, 4) is 33.4 Å². The van der Waals surface area contributed by atoms with Crippen LogP contribution >= 0.6 is 0 Å². The summed E-state index contributed by atoms with van der Waals surface area (Å²) in [5.41, 5.74) is 21.7. The average molecular weight is 1050 g/mol. The highest BCUT2D eigenvalue weighted by molar-refractivity contribution is 6.19. The molecule has 396 valence electrons. The van der Waals surface area contributed by atoms with Crippen molar-refractivity contribution in [2.45, 2.75) is 78.6 Å². The molecule has 0 radical (unpaired) electrons. The van der Waals surface area contributed by atoms with E-state index in [9.17, 15) is 0 Å². The molecular weight excluding hydrogens is 985 g/mol. The van der Waals surface area contributed by atoms with Crippen LogP contribution in [0.5, 0.6) is 0 Å². The zero-order valence-corrected chi connectivity index (χ0v) is 47.7. The summed E-state index contributed by atoms with van der Waals surface area (Å²) < 4.78 is 7.44. The first-order valence-electron chi connectivity index (χ1n) is 28.3. The molecule has 0 N–H and O–H groups in total. The Hall–Kier alpha value is -9.32. The molecule has 13 rings (SSSR count). The number of furan rings is 1. The van der Waals surface area contributed by atoms with Crippen molar-refractivity contribution >= 4 is 56.3 Å². The van der Waals surface area contributed by atoms with Crippen LogP contribution in [-0.2, 0) is 16.2 Å². The maximum absolute atomic E-state index is 7.44. The van der Waals surface area contributed by atoms with Crippen molar-refractivity contribution in [3.63, 3.8) is 0 Å². The Kier molecular flexibility index (Phi) is 12.5. The van der Waals surface area contributed by atoms with Crippen LogP contribution in [0, 0.1) is 20.8 Å². The first kappa shape index (κ1) is 51.1. The first-order chi connectivity index (χ1) is 39.2. The van der Waals surface area contributed by atoms with Crippen LogP contribution in [0.3, 0.4) is 0 Å². The molecule has 0 bridgehead atoms. The van der Waals surface area contributed by atoms with Crippen molar-refractivity contribution in [3.05, 3.63) is 287 Å². The van der Waals surface area contributed by atoms with Gasteiger partial charge in [0.15, 0.2) is 0 Å². The molecule has 12 aromatic rings. The Morgan fingerprint density at radius 1 is 0.420 bits per heavy atom. The normalized spacial score (nSPS) is 12.9. The summed E-state index contributed by atoms with van der Waals surface area (Å²) in [7, 11) is 0. The minimum Gasteiger partial charge on any atom is -0.455 e. The molecule has 0 saturated heterocycles. The van der Waals surface area contributed by atoms with Gasteiger partial charge in [-0.1, -0.05) is 210 Å². The lowest BCUT2D eigenvalue weighted by Gasteiger charge is -2.36. The van der Waals surface area contributed by atoms with Crippen LogP contribution in [-0.4, -0.2) is 9.97 Å². The van der Waals surface area contributed by atoms with Crippen molar-refractivity contribution < 1.29 is 4.42 Å². The lowest BCUT2D eigenvalue weighted by atomic mass is 9.67. The molecule has 1 aliphatic rings. The second-order valence-electron chi connectivity index (χ2n) is 24.1. The van der Waals surface area contributed by atoms with Gasteiger partial charge in [0, 0.05) is 51.5 Å². The lowest BCUT2D eigenvalue weighted by molar-refractivity contribution is 0.590. The molecule has 0 atom stereocenters. The number of fused-ring (bicyclic) bond motifs is 7. The van der Waals surface area contributed by atoms with Gasteiger partial charge < -0.3 is 4.42 Å². The van der Waals surface area contributed by atoms with Crippen LogP contribution in [0.15, 0.2) is 241 Å². The Morgan fingerprint density at radius 2 is 0.951 bits per heavy atom. The third-order valence-electron chi connectivity index (χ3n) is 16.5. The Morgan fingerprint density at radius 3 is 1.54 bits per heavy atom. The summed E-state index contributed by atoms with van der Waals surface area (Å²) in [5, 5.41) is 2.05. The summed E-state index contributed by atoms with van der Waals surface area (Å²) in [6, 6.07) is 82.6. The van der Waals surface area contributed by atoms with Gasteiger partial charge in [-0.25, -0.2) is 9.97 Å². The minimum absolute atomic E-state index is 0.0338. The molecule has 3 aromatic heterocycles. The molecular formula is C76H66N4O. The SMILES string of the molecule is Cc1ccc(-c2cc(C)cnc2N(c2ccc(C(C)(C)C)cc2)c2ccc3c(c2)C(c2ccccc2)(c2ccccc2)c2cc(N(c4ccc(C(C)(C)C)cc4)c4ncccc4-c4ccc(C)cc4)c4c(oc5ccccc54)c2-3)cc1. The summed E-state index contributed by atoms with van der Waals surface area (Å²) in [6.45, 7) is 20.0. The fraction of sp³-hybridized carbons (Fsp3) is 0.158. The number of rotatable bonds is 10. The number of benzene rings is 9. The van der Waals surface area contributed by atoms with Gasteiger partial charge in [0.05, 0.1) is 16.5 Å². The first-order valence-corrected chi connectivity index (χ1v) is 28.3. The predicted molar refractivity (Wildman–Crippen MR) is 338 cm³/mol. The molecule has 3 heterocycles. The molecule has 0 amide bonds. The third kappa shape index (κ3) is 8.80. The van der Waals surface area contributed by atoms with Crippen molar-refractivity contribution in [1.29, 1.82) is 0 Å². The van der Waals surface area contributed by atoms with E-state index in [1.165, 1.54) is 22.3 Å². The Labute approximate surface area is 476 Å². The second-order valence-corrected chi connectivity index (χ2v) is 24.1. The fourth-order valence-electron chi connectivity index (χ4n) is 12.3. The zero-order valence-electron chi connectivity index (χ0n) is 47.7. The van der Waals surface area contributed by atoms with Crippen LogP contribution < -0.4 is 9.80 Å².